The van der Waals surface area contributed by atoms with Crippen LogP contribution in [0.1, 0.15) is 19.5 Å². The Hall–Kier alpha value is -1.69. The highest BCUT2D eigenvalue weighted by Gasteiger charge is 2.28. The first-order valence-electron chi connectivity index (χ1n) is 4.92. The van der Waals surface area contributed by atoms with Crippen molar-refractivity contribution < 1.29 is 4.79 Å². The summed E-state index contributed by atoms with van der Waals surface area (Å²) in [6.45, 7) is 5.37. The SMILES string of the molecule is Cc1ccc(=O)n(CC(C)(C)C(=O)NN)n1. The largest absolute Gasteiger partial charge is 0.294 e. The van der Waals surface area contributed by atoms with Crippen molar-refractivity contribution in [1.29, 1.82) is 0 Å². The lowest BCUT2D eigenvalue weighted by molar-refractivity contribution is -0.130. The Morgan fingerprint density at radius 3 is 2.75 bits per heavy atom. The molecule has 1 aromatic rings. The number of aromatic nitrogens is 2. The van der Waals surface area contributed by atoms with Crippen LogP contribution in [0.25, 0.3) is 0 Å². The van der Waals surface area contributed by atoms with Crippen LogP contribution in [-0.2, 0) is 11.3 Å². The predicted molar refractivity (Wildman–Crippen MR) is 59.3 cm³/mol. The molecule has 88 valence electrons. The standard InChI is InChI=1S/C10H16N4O2/c1-7-4-5-8(15)14(13-7)6-10(2,3)9(16)12-11/h4-5H,6,11H2,1-3H3,(H,12,16). The molecular formula is C10H16N4O2. The van der Waals surface area contributed by atoms with Gasteiger partial charge in [0.2, 0.25) is 5.91 Å². The first-order valence-corrected chi connectivity index (χ1v) is 4.92. The zero-order valence-corrected chi connectivity index (χ0v) is 9.65. The molecule has 16 heavy (non-hydrogen) atoms. The second kappa shape index (κ2) is 4.44. The van der Waals surface area contributed by atoms with Gasteiger partial charge >= 0.3 is 0 Å². The number of rotatable bonds is 3. The van der Waals surface area contributed by atoms with E-state index in [4.69, 9.17) is 5.84 Å². The summed E-state index contributed by atoms with van der Waals surface area (Å²) < 4.78 is 1.27. The maximum absolute atomic E-state index is 11.5. The zero-order valence-electron chi connectivity index (χ0n) is 9.65. The van der Waals surface area contributed by atoms with Crippen LogP contribution in [-0.4, -0.2) is 15.7 Å². The molecule has 0 aromatic carbocycles. The number of carbonyl (C=O) groups excluding carboxylic acids is 1. The van der Waals surface area contributed by atoms with Gasteiger partial charge in [-0.1, -0.05) is 0 Å². The molecule has 0 aliphatic carbocycles. The molecule has 0 saturated carbocycles. The van der Waals surface area contributed by atoms with E-state index in [1.807, 2.05) is 0 Å². The third kappa shape index (κ3) is 2.66. The van der Waals surface area contributed by atoms with Gasteiger partial charge in [0, 0.05) is 6.07 Å². The molecule has 0 saturated heterocycles. The summed E-state index contributed by atoms with van der Waals surface area (Å²) >= 11 is 0. The number of aryl methyl sites for hydroxylation is 1. The van der Waals surface area contributed by atoms with Gasteiger partial charge in [0.05, 0.1) is 17.7 Å². The van der Waals surface area contributed by atoms with Crippen LogP contribution in [0.15, 0.2) is 16.9 Å². The number of nitrogens with zero attached hydrogens (tertiary/aromatic N) is 2. The summed E-state index contributed by atoms with van der Waals surface area (Å²) in [4.78, 5) is 23.0. The predicted octanol–water partition coefficient (Wildman–Crippen LogP) is -0.432. The lowest BCUT2D eigenvalue weighted by Crippen LogP contribution is -2.45. The first-order chi connectivity index (χ1) is 7.36. The van der Waals surface area contributed by atoms with Gasteiger partial charge in [0.25, 0.3) is 5.56 Å². The van der Waals surface area contributed by atoms with E-state index < -0.39 is 5.41 Å². The molecule has 6 heteroatoms. The molecule has 1 aromatic heterocycles. The molecule has 0 aliphatic rings. The minimum atomic E-state index is -0.778. The average Bonchev–Trinajstić information content (AvgIpc) is 2.22. The smallest absolute Gasteiger partial charge is 0.266 e. The first kappa shape index (κ1) is 12.4. The van der Waals surface area contributed by atoms with Gasteiger partial charge in [-0.05, 0) is 26.8 Å². The zero-order chi connectivity index (χ0) is 12.3. The summed E-state index contributed by atoms with van der Waals surface area (Å²) in [5, 5.41) is 4.06. The number of hydrogen-bond acceptors (Lipinski definition) is 4. The van der Waals surface area contributed by atoms with E-state index in [0.717, 1.165) is 5.69 Å². The van der Waals surface area contributed by atoms with Crippen molar-refractivity contribution in [2.24, 2.45) is 11.3 Å². The van der Waals surface area contributed by atoms with Crippen molar-refractivity contribution in [1.82, 2.24) is 15.2 Å². The van der Waals surface area contributed by atoms with Crippen molar-refractivity contribution in [3.8, 4) is 0 Å². The monoisotopic (exact) mass is 224 g/mol. The molecule has 0 unspecified atom stereocenters. The molecule has 0 fully saturated rings. The molecule has 0 aliphatic heterocycles. The van der Waals surface area contributed by atoms with Gasteiger partial charge in [-0.2, -0.15) is 5.10 Å². The minimum Gasteiger partial charge on any atom is -0.294 e. The third-order valence-electron chi connectivity index (χ3n) is 2.29. The highest BCUT2D eigenvalue weighted by molar-refractivity contribution is 5.81. The highest BCUT2D eigenvalue weighted by Crippen LogP contribution is 2.16. The van der Waals surface area contributed by atoms with Gasteiger partial charge in [-0.15, -0.1) is 0 Å². The van der Waals surface area contributed by atoms with Crippen LogP contribution in [0, 0.1) is 12.3 Å². The van der Waals surface area contributed by atoms with Crippen LogP contribution >= 0.6 is 0 Å². The van der Waals surface area contributed by atoms with Gasteiger partial charge in [-0.25, -0.2) is 10.5 Å². The summed E-state index contributed by atoms with van der Waals surface area (Å²) in [5.41, 5.74) is 1.79. The maximum Gasteiger partial charge on any atom is 0.266 e. The number of carbonyl (C=O) groups is 1. The molecule has 0 radical (unpaired) electrons. The highest BCUT2D eigenvalue weighted by atomic mass is 16.2. The third-order valence-corrected chi connectivity index (χ3v) is 2.29. The van der Waals surface area contributed by atoms with Crippen molar-refractivity contribution in [2.45, 2.75) is 27.3 Å². The van der Waals surface area contributed by atoms with Gasteiger partial charge < -0.3 is 0 Å². The summed E-state index contributed by atoms with van der Waals surface area (Å²) in [6, 6.07) is 3.06. The summed E-state index contributed by atoms with van der Waals surface area (Å²) in [5.74, 6) is 4.74. The Morgan fingerprint density at radius 2 is 2.19 bits per heavy atom. The van der Waals surface area contributed by atoms with Crippen LogP contribution in [0.4, 0.5) is 0 Å². The lowest BCUT2D eigenvalue weighted by Gasteiger charge is -2.22. The normalized spacial score (nSPS) is 11.2. The molecule has 0 bridgehead atoms. The van der Waals surface area contributed by atoms with Crippen LogP contribution < -0.4 is 16.8 Å². The fourth-order valence-electron chi connectivity index (χ4n) is 1.31. The van der Waals surface area contributed by atoms with E-state index in [1.54, 1.807) is 26.8 Å². The molecule has 0 atom stereocenters. The summed E-state index contributed by atoms with van der Waals surface area (Å²) in [7, 11) is 0. The number of nitrogens with two attached hydrogens (primary N) is 1. The lowest BCUT2D eigenvalue weighted by atomic mass is 9.93. The Morgan fingerprint density at radius 1 is 1.56 bits per heavy atom. The van der Waals surface area contributed by atoms with E-state index in [0.29, 0.717) is 0 Å². The van der Waals surface area contributed by atoms with E-state index in [-0.39, 0.29) is 18.0 Å². The molecular weight excluding hydrogens is 208 g/mol. The number of nitrogens with one attached hydrogen (secondary N) is 1. The van der Waals surface area contributed by atoms with Crippen molar-refractivity contribution in [3.63, 3.8) is 0 Å². The Kier molecular flexibility index (Phi) is 3.44. The van der Waals surface area contributed by atoms with E-state index in [2.05, 4.69) is 10.5 Å². The topological polar surface area (TPSA) is 90.0 Å². The van der Waals surface area contributed by atoms with Gasteiger partial charge in [0.1, 0.15) is 0 Å². The molecule has 1 heterocycles. The van der Waals surface area contributed by atoms with Crippen molar-refractivity contribution in [3.05, 3.63) is 28.2 Å². The Balaban J connectivity index is 3.00. The minimum absolute atomic E-state index is 0.191. The van der Waals surface area contributed by atoms with Crippen molar-refractivity contribution >= 4 is 5.91 Å². The quantitative estimate of drug-likeness (QED) is 0.414. The Labute approximate surface area is 93.4 Å². The molecule has 1 amide bonds. The Bertz CT molecular complexity index is 450. The van der Waals surface area contributed by atoms with Gasteiger partial charge in [-0.3, -0.25) is 15.0 Å². The second-order valence-electron chi connectivity index (χ2n) is 4.33. The van der Waals surface area contributed by atoms with Crippen molar-refractivity contribution in [2.75, 3.05) is 0 Å². The number of amides is 1. The van der Waals surface area contributed by atoms with Gasteiger partial charge in [0.15, 0.2) is 0 Å². The average molecular weight is 224 g/mol. The molecule has 3 N–H and O–H groups in total. The van der Waals surface area contributed by atoms with Crippen LogP contribution in [0.2, 0.25) is 0 Å². The van der Waals surface area contributed by atoms with Crippen LogP contribution in [0.5, 0.6) is 0 Å². The van der Waals surface area contributed by atoms with Crippen LogP contribution in [0.3, 0.4) is 0 Å². The van der Waals surface area contributed by atoms with E-state index >= 15 is 0 Å². The second-order valence-corrected chi connectivity index (χ2v) is 4.33. The number of hydrazine groups is 1. The molecule has 0 spiro atoms. The van der Waals surface area contributed by atoms with E-state index in [1.165, 1.54) is 10.7 Å². The maximum atomic E-state index is 11.5. The fraction of sp³-hybridized carbons (Fsp3) is 0.500. The molecule has 6 nitrogen and oxygen atoms in total. The fourth-order valence-corrected chi connectivity index (χ4v) is 1.31. The number of hydrogen-bond donors (Lipinski definition) is 2. The molecule has 1 rings (SSSR count). The summed E-state index contributed by atoms with van der Waals surface area (Å²) in [6.07, 6.45) is 0. The van der Waals surface area contributed by atoms with E-state index in [9.17, 15) is 9.59 Å².